The molecule has 0 radical (unpaired) electrons. The van der Waals surface area contributed by atoms with E-state index < -0.39 is 6.36 Å². The molecule has 1 aromatic rings. The highest BCUT2D eigenvalue weighted by Crippen LogP contribution is 2.27. The van der Waals surface area contributed by atoms with Gasteiger partial charge in [0.15, 0.2) is 0 Å². The van der Waals surface area contributed by atoms with E-state index in [-0.39, 0.29) is 18.0 Å². The average Bonchev–Trinajstić information content (AvgIpc) is 2.07. The number of ketones is 1. The van der Waals surface area contributed by atoms with Gasteiger partial charge in [-0.05, 0) is 30.7 Å². The van der Waals surface area contributed by atoms with Gasteiger partial charge in [-0.1, -0.05) is 15.9 Å². The van der Waals surface area contributed by atoms with E-state index in [2.05, 4.69) is 20.7 Å². The number of benzene rings is 1. The second kappa shape index (κ2) is 4.86. The fraction of sp³-hybridized carbons (Fsp3) is 0.300. The van der Waals surface area contributed by atoms with Crippen molar-refractivity contribution in [3.05, 3.63) is 28.2 Å². The third-order valence-electron chi connectivity index (χ3n) is 1.69. The molecule has 0 spiro atoms. The number of carbonyl (C=O) groups is 1. The highest BCUT2D eigenvalue weighted by Gasteiger charge is 2.31. The van der Waals surface area contributed by atoms with Gasteiger partial charge in [-0.25, -0.2) is 0 Å². The zero-order valence-electron chi connectivity index (χ0n) is 8.27. The van der Waals surface area contributed by atoms with E-state index in [0.29, 0.717) is 10.0 Å². The van der Waals surface area contributed by atoms with Crippen LogP contribution in [0.4, 0.5) is 13.2 Å². The molecule has 1 rings (SSSR count). The van der Waals surface area contributed by atoms with Gasteiger partial charge in [-0.2, -0.15) is 0 Å². The minimum atomic E-state index is -4.72. The number of Topliss-reactive ketones (excluding diaryl/α,β-unsaturated/α-hetero) is 1. The van der Waals surface area contributed by atoms with Crippen LogP contribution < -0.4 is 4.74 Å². The number of rotatable bonds is 3. The maximum Gasteiger partial charge on any atom is 0.573 e. The molecule has 6 heteroatoms. The Morgan fingerprint density at radius 1 is 1.44 bits per heavy atom. The maximum atomic E-state index is 11.9. The third-order valence-corrected chi connectivity index (χ3v) is 2.46. The van der Waals surface area contributed by atoms with Crippen LogP contribution in [-0.2, 0) is 11.2 Å². The number of hydrogen-bond acceptors (Lipinski definition) is 2. The summed E-state index contributed by atoms with van der Waals surface area (Å²) in [6.45, 7) is 1.36. The zero-order chi connectivity index (χ0) is 12.3. The molecule has 0 aliphatic carbocycles. The highest BCUT2D eigenvalue weighted by molar-refractivity contribution is 9.10. The molecule has 0 unspecified atom stereocenters. The quantitative estimate of drug-likeness (QED) is 0.854. The fourth-order valence-electron chi connectivity index (χ4n) is 1.15. The smallest absolute Gasteiger partial charge is 0.406 e. The van der Waals surface area contributed by atoms with Crippen LogP contribution in [0.3, 0.4) is 0 Å². The SMILES string of the molecule is CC(=O)Cc1cc(OC(F)(F)F)ccc1Br. The van der Waals surface area contributed by atoms with Gasteiger partial charge < -0.3 is 4.74 Å². The summed E-state index contributed by atoms with van der Waals surface area (Å²) in [6, 6.07) is 3.79. The van der Waals surface area contributed by atoms with E-state index in [1.807, 2.05) is 0 Å². The monoisotopic (exact) mass is 296 g/mol. The summed E-state index contributed by atoms with van der Waals surface area (Å²) in [5, 5.41) is 0. The lowest BCUT2D eigenvalue weighted by molar-refractivity contribution is -0.274. The molecule has 0 aliphatic rings. The van der Waals surface area contributed by atoms with Gasteiger partial charge in [0.2, 0.25) is 0 Å². The topological polar surface area (TPSA) is 26.3 Å². The van der Waals surface area contributed by atoms with Crippen molar-refractivity contribution in [3.63, 3.8) is 0 Å². The van der Waals surface area contributed by atoms with E-state index in [9.17, 15) is 18.0 Å². The van der Waals surface area contributed by atoms with Crippen molar-refractivity contribution in [3.8, 4) is 5.75 Å². The molecular formula is C10H8BrF3O2. The molecule has 0 fully saturated rings. The molecule has 0 saturated carbocycles. The summed E-state index contributed by atoms with van der Waals surface area (Å²) in [7, 11) is 0. The van der Waals surface area contributed by atoms with Crippen LogP contribution in [0.2, 0.25) is 0 Å². The average molecular weight is 297 g/mol. The highest BCUT2D eigenvalue weighted by atomic mass is 79.9. The second-order valence-corrected chi connectivity index (χ2v) is 4.03. The van der Waals surface area contributed by atoms with Crippen molar-refractivity contribution in [2.24, 2.45) is 0 Å². The Morgan fingerprint density at radius 2 is 2.06 bits per heavy atom. The fourth-order valence-corrected chi connectivity index (χ4v) is 1.54. The number of carbonyl (C=O) groups excluding carboxylic acids is 1. The first-order valence-corrected chi connectivity index (χ1v) is 5.11. The number of alkyl halides is 3. The summed E-state index contributed by atoms with van der Waals surface area (Å²) in [6.07, 6.45) is -4.66. The van der Waals surface area contributed by atoms with Crippen LogP contribution in [0.25, 0.3) is 0 Å². The van der Waals surface area contributed by atoms with Crippen molar-refractivity contribution in [1.29, 1.82) is 0 Å². The van der Waals surface area contributed by atoms with Crippen molar-refractivity contribution in [2.75, 3.05) is 0 Å². The Morgan fingerprint density at radius 3 is 2.56 bits per heavy atom. The van der Waals surface area contributed by atoms with E-state index in [1.54, 1.807) is 0 Å². The predicted octanol–water partition coefficient (Wildman–Crippen LogP) is 3.48. The molecule has 0 saturated heterocycles. The Balaban J connectivity index is 2.93. The molecule has 0 aromatic heterocycles. The molecule has 0 atom stereocenters. The molecule has 0 heterocycles. The predicted molar refractivity (Wildman–Crippen MR) is 55.2 cm³/mol. The normalized spacial score (nSPS) is 11.3. The first-order valence-electron chi connectivity index (χ1n) is 4.31. The Kier molecular flexibility index (Phi) is 3.96. The van der Waals surface area contributed by atoms with Crippen molar-refractivity contribution in [2.45, 2.75) is 19.7 Å². The Hall–Kier alpha value is -1.04. The second-order valence-electron chi connectivity index (χ2n) is 3.18. The van der Waals surface area contributed by atoms with Gasteiger partial charge in [-0.3, -0.25) is 4.79 Å². The Bertz CT molecular complexity index is 402. The third kappa shape index (κ3) is 4.22. The summed E-state index contributed by atoms with van der Waals surface area (Å²) < 4.78 is 40.1. The van der Waals surface area contributed by atoms with Gasteiger partial charge in [-0.15, -0.1) is 13.2 Å². The van der Waals surface area contributed by atoms with Crippen molar-refractivity contribution >= 4 is 21.7 Å². The zero-order valence-corrected chi connectivity index (χ0v) is 9.85. The van der Waals surface area contributed by atoms with Crippen LogP contribution in [0.15, 0.2) is 22.7 Å². The molecular weight excluding hydrogens is 289 g/mol. The van der Waals surface area contributed by atoms with E-state index in [0.717, 1.165) is 0 Å². The number of hydrogen-bond donors (Lipinski definition) is 0. The van der Waals surface area contributed by atoms with Gasteiger partial charge in [0.1, 0.15) is 11.5 Å². The van der Waals surface area contributed by atoms with Crippen LogP contribution in [-0.4, -0.2) is 12.1 Å². The van der Waals surface area contributed by atoms with E-state index >= 15 is 0 Å². The standard InChI is InChI=1S/C10H8BrF3O2/c1-6(15)4-7-5-8(2-3-9(7)11)16-10(12,13)14/h2-3,5H,4H2,1H3. The molecule has 0 aliphatic heterocycles. The lowest BCUT2D eigenvalue weighted by Gasteiger charge is -2.10. The van der Waals surface area contributed by atoms with Gasteiger partial charge in [0.25, 0.3) is 0 Å². The summed E-state index contributed by atoms with van der Waals surface area (Å²) >= 11 is 3.15. The number of ether oxygens (including phenoxy) is 1. The minimum absolute atomic E-state index is 0.0651. The minimum Gasteiger partial charge on any atom is -0.406 e. The van der Waals surface area contributed by atoms with Crippen LogP contribution >= 0.6 is 15.9 Å². The van der Waals surface area contributed by atoms with Crippen molar-refractivity contribution < 1.29 is 22.7 Å². The lowest BCUT2D eigenvalue weighted by Crippen LogP contribution is -2.17. The molecule has 88 valence electrons. The van der Waals surface area contributed by atoms with Gasteiger partial charge in [0.05, 0.1) is 0 Å². The molecule has 0 N–H and O–H groups in total. The Labute approximate surface area is 98.5 Å². The largest absolute Gasteiger partial charge is 0.573 e. The lowest BCUT2D eigenvalue weighted by atomic mass is 10.1. The molecule has 2 nitrogen and oxygen atoms in total. The molecule has 0 amide bonds. The first-order chi connectivity index (χ1) is 7.28. The van der Waals surface area contributed by atoms with E-state index in [4.69, 9.17) is 0 Å². The van der Waals surface area contributed by atoms with Crippen LogP contribution in [0, 0.1) is 0 Å². The first kappa shape index (κ1) is 13.0. The van der Waals surface area contributed by atoms with Gasteiger partial charge in [0, 0.05) is 10.9 Å². The van der Waals surface area contributed by atoms with E-state index in [1.165, 1.54) is 25.1 Å². The maximum absolute atomic E-state index is 11.9. The van der Waals surface area contributed by atoms with Crippen molar-refractivity contribution in [1.82, 2.24) is 0 Å². The van der Waals surface area contributed by atoms with Crippen LogP contribution in [0.1, 0.15) is 12.5 Å². The summed E-state index contributed by atoms with van der Waals surface area (Å²) in [4.78, 5) is 10.9. The number of halogens is 4. The summed E-state index contributed by atoms with van der Waals surface area (Å²) in [5.41, 5.74) is 0.467. The molecule has 0 bridgehead atoms. The van der Waals surface area contributed by atoms with Crippen LogP contribution in [0.5, 0.6) is 5.75 Å². The molecule has 1 aromatic carbocycles. The molecule has 16 heavy (non-hydrogen) atoms. The van der Waals surface area contributed by atoms with Gasteiger partial charge >= 0.3 is 6.36 Å². The summed E-state index contributed by atoms with van der Waals surface area (Å²) in [5.74, 6) is -0.461.